The van der Waals surface area contributed by atoms with Gasteiger partial charge in [-0.3, -0.25) is 0 Å². The smallest absolute Gasteiger partial charge is 0.328 e. The monoisotopic (exact) mass is 583 g/mol. The van der Waals surface area contributed by atoms with Gasteiger partial charge in [-0.1, -0.05) is 80.0 Å². The Kier molecular flexibility index (Phi) is 11.2. The Bertz CT molecular complexity index is 1460. The number of rotatable bonds is 16. The Balaban J connectivity index is 1.63. The Morgan fingerprint density at radius 2 is 1.88 bits per heavy atom. The highest BCUT2D eigenvalue weighted by atomic mass is 16.4. The van der Waals surface area contributed by atoms with Crippen molar-refractivity contribution in [3.63, 3.8) is 0 Å². The molecule has 8 N–H and O–H groups in total. The van der Waals surface area contributed by atoms with Crippen LogP contribution in [0.25, 0.3) is 22.2 Å². The van der Waals surface area contributed by atoms with Gasteiger partial charge in [0, 0.05) is 18.0 Å². The van der Waals surface area contributed by atoms with Gasteiger partial charge in [-0.25, -0.2) is 9.79 Å². The molecule has 1 aromatic heterocycles. The molecule has 1 aliphatic carbocycles. The number of nitrogens with zero attached hydrogens (tertiary/aromatic N) is 2. The van der Waals surface area contributed by atoms with Gasteiger partial charge >= 0.3 is 5.97 Å². The van der Waals surface area contributed by atoms with Crippen LogP contribution in [-0.4, -0.2) is 46.9 Å². The van der Waals surface area contributed by atoms with E-state index in [0.29, 0.717) is 17.8 Å². The standard InChI is InChI=1S/C34H43N6O3/c1-22(21-41)11-14-28(35)8-4-9-29-26(13-12-25-16-23-6-2-3-7-24(23)17-30(25)29)18-31(40-32-10-5-15-38-32)27(19-33(42)43)20-39-34(36)37/h2-3,5-7,10,12-13,15-17,19,21-22,26,28-29,31,38H,4,8-9,11,14,18,20,35H2,1H3,(H,42,43)(H4,36,37,39)/q-1. The van der Waals surface area contributed by atoms with Crippen molar-refractivity contribution in [2.24, 2.45) is 34.0 Å². The molecule has 0 saturated carbocycles. The molecule has 0 bridgehead atoms. The predicted molar refractivity (Wildman–Crippen MR) is 174 cm³/mol. The SMILES string of the molecule is CC(C=O)CCC(N)CCCC1c2cc3ccccc3cc2C=CC1CC([N-]c1ccc[nH]1)C(=CC(=O)O)CN=C(N)N. The number of hydrogen-bond donors (Lipinski definition) is 5. The zero-order chi connectivity index (χ0) is 30.8. The maximum absolute atomic E-state index is 11.8. The molecule has 228 valence electrons. The van der Waals surface area contributed by atoms with E-state index in [2.05, 4.69) is 52.5 Å². The Labute approximate surface area is 253 Å². The number of aromatic nitrogens is 1. The van der Waals surface area contributed by atoms with Crippen LogP contribution in [0, 0.1) is 11.8 Å². The molecular weight excluding hydrogens is 540 g/mol. The number of H-pyrrole nitrogens is 1. The van der Waals surface area contributed by atoms with Gasteiger partial charge in [0.2, 0.25) is 0 Å². The lowest BCUT2D eigenvalue weighted by Crippen LogP contribution is -2.26. The average molecular weight is 584 g/mol. The topological polar surface area (TPSA) is 175 Å². The zero-order valence-electron chi connectivity index (χ0n) is 24.7. The van der Waals surface area contributed by atoms with E-state index in [-0.39, 0.29) is 36.3 Å². The Morgan fingerprint density at radius 3 is 2.56 bits per heavy atom. The number of guanidine groups is 1. The molecule has 0 fully saturated rings. The van der Waals surface area contributed by atoms with E-state index in [4.69, 9.17) is 22.5 Å². The van der Waals surface area contributed by atoms with Crippen LogP contribution in [0.5, 0.6) is 0 Å². The summed E-state index contributed by atoms with van der Waals surface area (Å²) in [4.78, 5) is 30.1. The van der Waals surface area contributed by atoms with Gasteiger partial charge in [0.15, 0.2) is 5.96 Å². The fraction of sp³-hybridized carbons (Fsp3) is 0.382. The summed E-state index contributed by atoms with van der Waals surface area (Å²) in [6.45, 7) is 1.97. The summed E-state index contributed by atoms with van der Waals surface area (Å²) in [7, 11) is 0. The van der Waals surface area contributed by atoms with Crippen molar-refractivity contribution in [2.45, 2.75) is 63.5 Å². The number of benzene rings is 2. The van der Waals surface area contributed by atoms with Gasteiger partial charge in [-0.2, -0.15) is 0 Å². The predicted octanol–water partition coefficient (Wildman–Crippen LogP) is 5.76. The lowest BCUT2D eigenvalue weighted by molar-refractivity contribution is -0.131. The first-order valence-corrected chi connectivity index (χ1v) is 15.0. The molecule has 0 saturated heterocycles. The fourth-order valence-electron chi connectivity index (χ4n) is 5.94. The molecule has 0 radical (unpaired) electrons. The van der Waals surface area contributed by atoms with Crippen LogP contribution < -0.4 is 17.2 Å². The highest BCUT2D eigenvalue weighted by molar-refractivity contribution is 5.87. The van der Waals surface area contributed by atoms with Crippen molar-refractivity contribution in [1.29, 1.82) is 0 Å². The van der Waals surface area contributed by atoms with E-state index < -0.39 is 12.0 Å². The largest absolute Gasteiger partial charge is 0.478 e. The molecule has 1 aliphatic rings. The van der Waals surface area contributed by atoms with Crippen molar-refractivity contribution >= 4 is 40.9 Å². The number of carboxylic acid groups (broad SMARTS) is 1. The van der Waals surface area contributed by atoms with Gasteiger partial charge in [0.25, 0.3) is 0 Å². The van der Waals surface area contributed by atoms with Gasteiger partial charge in [-0.15, -0.1) is 0 Å². The molecule has 1 heterocycles. The third-order valence-corrected chi connectivity index (χ3v) is 8.26. The van der Waals surface area contributed by atoms with E-state index >= 15 is 0 Å². The number of fused-ring (bicyclic) bond motifs is 2. The van der Waals surface area contributed by atoms with Crippen LogP contribution >= 0.6 is 0 Å². The molecule has 0 spiro atoms. The Morgan fingerprint density at radius 1 is 1.12 bits per heavy atom. The van der Waals surface area contributed by atoms with Crippen LogP contribution in [0.15, 0.2) is 77.4 Å². The number of nitrogens with one attached hydrogen (secondary N) is 1. The molecule has 9 nitrogen and oxygen atoms in total. The maximum Gasteiger partial charge on any atom is 0.328 e. The number of carbonyl (C=O) groups is 2. The number of allylic oxidation sites excluding steroid dienone is 1. The molecule has 3 aromatic rings. The third-order valence-electron chi connectivity index (χ3n) is 8.26. The second-order valence-corrected chi connectivity index (χ2v) is 11.6. The van der Waals surface area contributed by atoms with E-state index in [0.717, 1.165) is 38.4 Å². The molecule has 0 amide bonds. The minimum Gasteiger partial charge on any atom is -0.478 e. The number of aliphatic carboxylic acids is 1. The number of aldehydes is 1. The van der Waals surface area contributed by atoms with Crippen molar-refractivity contribution < 1.29 is 14.7 Å². The number of carboxylic acids is 1. The summed E-state index contributed by atoms with van der Waals surface area (Å²) >= 11 is 0. The van der Waals surface area contributed by atoms with E-state index in [1.165, 1.54) is 28.0 Å². The lowest BCUT2D eigenvalue weighted by atomic mass is 9.73. The normalized spacial score (nSPS) is 18.4. The van der Waals surface area contributed by atoms with Crippen LogP contribution in [-0.2, 0) is 9.59 Å². The van der Waals surface area contributed by atoms with Crippen LogP contribution in [0.1, 0.15) is 62.5 Å². The molecule has 5 atom stereocenters. The summed E-state index contributed by atoms with van der Waals surface area (Å²) in [5.41, 5.74) is 20.7. The maximum atomic E-state index is 11.8. The molecule has 9 heteroatoms. The summed E-state index contributed by atoms with van der Waals surface area (Å²) in [6.07, 6.45) is 13.3. The number of carbonyl (C=O) groups excluding carboxylic acids is 1. The fourth-order valence-corrected chi connectivity index (χ4v) is 5.94. The number of hydrogen-bond acceptors (Lipinski definition) is 4. The highest BCUT2D eigenvalue weighted by Gasteiger charge is 2.29. The second-order valence-electron chi connectivity index (χ2n) is 11.6. The quantitative estimate of drug-likeness (QED) is 0.0620. The van der Waals surface area contributed by atoms with Gasteiger partial charge < -0.3 is 37.4 Å². The molecule has 43 heavy (non-hydrogen) atoms. The summed E-state index contributed by atoms with van der Waals surface area (Å²) in [5.74, 6) is -0.236. The zero-order valence-corrected chi connectivity index (χ0v) is 24.7. The Hall–Kier alpha value is -4.37. The third kappa shape index (κ3) is 9.06. The molecule has 5 unspecified atom stereocenters. The first kappa shape index (κ1) is 31.6. The van der Waals surface area contributed by atoms with Crippen LogP contribution in [0.2, 0.25) is 0 Å². The number of nitrogens with two attached hydrogens (primary N) is 3. The van der Waals surface area contributed by atoms with E-state index in [1.807, 2.05) is 25.1 Å². The average Bonchev–Trinajstić information content (AvgIpc) is 3.50. The van der Waals surface area contributed by atoms with Crippen molar-refractivity contribution in [3.05, 3.63) is 88.9 Å². The molecule has 2 aromatic carbocycles. The minimum absolute atomic E-state index is 0.0198. The van der Waals surface area contributed by atoms with Crippen molar-refractivity contribution in [1.82, 2.24) is 4.98 Å². The van der Waals surface area contributed by atoms with Gasteiger partial charge in [-0.05, 0) is 83.5 Å². The first-order chi connectivity index (χ1) is 20.7. The second kappa shape index (κ2) is 15.2. The van der Waals surface area contributed by atoms with E-state index in [1.54, 1.807) is 6.20 Å². The van der Waals surface area contributed by atoms with Gasteiger partial charge in [0.05, 0.1) is 6.54 Å². The number of aliphatic imine (C=N–C) groups is 1. The van der Waals surface area contributed by atoms with Crippen molar-refractivity contribution in [2.75, 3.05) is 6.54 Å². The summed E-state index contributed by atoms with van der Waals surface area (Å²) in [5, 5.41) is 17.0. The van der Waals surface area contributed by atoms with Crippen LogP contribution in [0.3, 0.4) is 0 Å². The van der Waals surface area contributed by atoms with Crippen molar-refractivity contribution in [3.8, 4) is 0 Å². The molecular formula is C34H43N6O3-. The first-order valence-electron chi connectivity index (χ1n) is 15.0. The number of aromatic amines is 1. The molecule has 4 rings (SSSR count). The molecule has 0 aliphatic heterocycles. The van der Waals surface area contributed by atoms with E-state index in [9.17, 15) is 14.7 Å². The summed E-state index contributed by atoms with van der Waals surface area (Å²) in [6, 6.07) is 16.2. The lowest BCUT2D eigenvalue weighted by Gasteiger charge is -2.36. The van der Waals surface area contributed by atoms with Crippen LogP contribution in [0.4, 0.5) is 5.82 Å². The minimum atomic E-state index is -1.07. The summed E-state index contributed by atoms with van der Waals surface area (Å²) < 4.78 is 0. The van der Waals surface area contributed by atoms with Gasteiger partial charge in [0.1, 0.15) is 6.29 Å². The highest BCUT2D eigenvalue weighted by Crippen LogP contribution is 2.43.